The predicted molar refractivity (Wildman–Crippen MR) is 227 cm³/mol. The molecule has 0 aliphatic heterocycles. The van der Waals surface area contributed by atoms with Gasteiger partial charge in [-0.3, -0.25) is 0 Å². The molecule has 0 bridgehead atoms. The first kappa shape index (κ1) is 36.6. The Morgan fingerprint density at radius 2 is 0.950 bits per heavy atom. The van der Waals surface area contributed by atoms with Crippen LogP contribution in [0.2, 0.25) is 0 Å². The van der Waals surface area contributed by atoms with Crippen LogP contribution in [0.4, 0.5) is 13.2 Å². The number of alkyl halides is 3. The zero-order valence-corrected chi connectivity index (χ0v) is 32.7. The summed E-state index contributed by atoms with van der Waals surface area (Å²) in [4.78, 5) is 27.0. The lowest BCUT2D eigenvalue weighted by atomic mass is 9.97. The minimum Gasteiger partial charge on any atom is -0.309 e. The van der Waals surface area contributed by atoms with Crippen LogP contribution >= 0.6 is 0 Å². The molecule has 290 valence electrons. The van der Waals surface area contributed by atoms with E-state index in [0.717, 1.165) is 49.8 Å². The number of rotatable bonds is 5. The quantitative estimate of drug-likeness (QED) is 0.171. The Balaban J connectivity index is 1.26. The summed E-state index contributed by atoms with van der Waals surface area (Å²) in [5, 5.41) is 13.8. The molecule has 4 heterocycles. The number of halogens is 3. The summed E-state index contributed by atoms with van der Waals surface area (Å²) in [6.07, 6.45) is -4.63. The Kier molecular flexibility index (Phi) is 8.33. The maximum Gasteiger partial charge on any atom is 0.416 e. The van der Waals surface area contributed by atoms with E-state index in [9.17, 15) is 18.4 Å². The maximum absolute atomic E-state index is 14.8. The molecule has 0 N–H and O–H groups in total. The zero-order chi connectivity index (χ0) is 41.4. The van der Waals surface area contributed by atoms with Gasteiger partial charge in [-0.25, -0.2) is 29.9 Å². The van der Waals surface area contributed by atoms with Crippen molar-refractivity contribution in [2.75, 3.05) is 0 Å². The van der Waals surface area contributed by atoms with Crippen molar-refractivity contribution in [2.45, 2.75) is 33.9 Å². The maximum atomic E-state index is 14.8. The molecule has 0 atom stereocenters. The normalized spacial score (nSPS) is 11.9. The molecule has 0 unspecified atom stereocenters. The molecule has 0 spiro atoms. The summed E-state index contributed by atoms with van der Waals surface area (Å²) < 4.78 is 48.3. The van der Waals surface area contributed by atoms with Gasteiger partial charge in [-0.05, 0) is 107 Å². The van der Waals surface area contributed by atoms with E-state index in [4.69, 9.17) is 0 Å². The number of nitrogens with zero attached hydrogens (tertiary/aromatic N) is 9. The van der Waals surface area contributed by atoms with Crippen LogP contribution in [0, 0.1) is 39.0 Å². The molecule has 0 radical (unpaired) electrons. The van der Waals surface area contributed by atoms with Crippen LogP contribution in [0.5, 0.6) is 0 Å². The van der Waals surface area contributed by atoms with Gasteiger partial charge in [-0.2, -0.15) is 18.4 Å². The van der Waals surface area contributed by atoms with Gasteiger partial charge in [0.15, 0.2) is 11.6 Å². The molecular formula is C48H32F3N9. The molecule has 0 saturated carbocycles. The minimum absolute atomic E-state index is 0.301. The number of nitriles is 1. The van der Waals surface area contributed by atoms with Crippen LogP contribution in [-0.4, -0.2) is 39.0 Å². The SMILES string of the molecule is Cc1nc(C)nc(-c2ccc3c(c2)c2ccccc2n3-c2ccc(C#N)cc2-c2ccc(C(F)(F)F)cc2-n2c3ccccc3c3cc(-c4nc(C)nc(C)n4)ccc32)n1. The molecule has 0 aliphatic carbocycles. The second-order valence-electron chi connectivity index (χ2n) is 14.7. The van der Waals surface area contributed by atoms with E-state index in [1.807, 2.05) is 117 Å². The Bertz CT molecular complexity index is 3410. The third kappa shape index (κ3) is 6.02. The number of hydrogen-bond donors (Lipinski definition) is 0. The van der Waals surface area contributed by atoms with Crippen LogP contribution < -0.4 is 0 Å². The number of benzene rings is 6. The number of aromatic nitrogens is 8. The summed E-state index contributed by atoms with van der Waals surface area (Å²) >= 11 is 0. The summed E-state index contributed by atoms with van der Waals surface area (Å²) in [6.45, 7) is 7.28. The summed E-state index contributed by atoms with van der Waals surface area (Å²) in [6, 6.07) is 38.9. The van der Waals surface area contributed by atoms with Crippen molar-refractivity contribution >= 4 is 43.6 Å². The Morgan fingerprint density at radius 3 is 1.45 bits per heavy atom. The van der Waals surface area contributed by atoms with Gasteiger partial charge in [0, 0.05) is 43.8 Å². The highest BCUT2D eigenvalue weighted by atomic mass is 19.4. The molecule has 6 aromatic carbocycles. The highest BCUT2D eigenvalue weighted by Crippen LogP contribution is 2.44. The molecule has 12 heteroatoms. The lowest BCUT2D eigenvalue weighted by molar-refractivity contribution is -0.137. The van der Waals surface area contributed by atoms with Crippen molar-refractivity contribution < 1.29 is 13.2 Å². The fourth-order valence-electron chi connectivity index (χ4n) is 8.37. The number of fused-ring (bicyclic) bond motifs is 6. The van der Waals surface area contributed by atoms with E-state index >= 15 is 0 Å². The van der Waals surface area contributed by atoms with Crippen LogP contribution in [0.3, 0.4) is 0 Å². The molecule has 0 aliphatic rings. The topological polar surface area (TPSA) is 111 Å². The standard InChI is InChI=1S/C48H32F3N9/c1-26-53-27(2)56-46(55-26)31-14-19-43-38(22-31)34-9-5-7-11-40(34)59(43)42-18-13-30(25-52)21-37(42)36-17-16-33(48(49,50)51)24-45(36)60-41-12-8-6-10-35(41)39-23-32(15-20-44(39)60)47-57-28(3)54-29(4)58-47/h5-24H,1-4H3. The van der Waals surface area contributed by atoms with Crippen LogP contribution in [-0.2, 0) is 6.18 Å². The van der Waals surface area contributed by atoms with Crippen LogP contribution in [0.1, 0.15) is 34.4 Å². The molecule has 9 nitrogen and oxygen atoms in total. The smallest absolute Gasteiger partial charge is 0.309 e. The molecule has 0 saturated heterocycles. The Hall–Kier alpha value is -7.78. The first-order chi connectivity index (χ1) is 28.9. The third-order valence-corrected chi connectivity index (χ3v) is 10.8. The fraction of sp³-hybridized carbons (Fsp3) is 0.104. The van der Waals surface area contributed by atoms with E-state index < -0.39 is 11.7 Å². The molecule has 0 amide bonds. The van der Waals surface area contributed by atoms with Crippen molar-refractivity contribution in [1.82, 2.24) is 39.0 Å². The molecule has 4 aromatic heterocycles. The highest BCUT2D eigenvalue weighted by molar-refractivity contribution is 6.12. The van der Waals surface area contributed by atoms with Crippen molar-refractivity contribution in [3.8, 4) is 51.3 Å². The van der Waals surface area contributed by atoms with E-state index in [0.29, 0.717) is 74.0 Å². The monoisotopic (exact) mass is 791 g/mol. The Labute approximate surface area is 341 Å². The average Bonchev–Trinajstić information content (AvgIpc) is 3.74. The van der Waals surface area contributed by atoms with Gasteiger partial charge in [0.25, 0.3) is 0 Å². The van der Waals surface area contributed by atoms with Gasteiger partial charge >= 0.3 is 6.18 Å². The van der Waals surface area contributed by atoms with E-state index in [-0.39, 0.29) is 0 Å². The molecule has 0 fully saturated rings. The fourth-order valence-corrected chi connectivity index (χ4v) is 8.37. The first-order valence-corrected chi connectivity index (χ1v) is 19.2. The average molecular weight is 792 g/mol. The second kappa shape index (κ2) is 13.7. The largest absolute Gasteiger partial charge is 0.416 e. The number of aryl methyl sites for hydroxylation is 4. The van der Waals surface area contributed by atoms with Crippen molar-refractivity contribution in [3.05, 3.63) is 156 Å². The van der Waals surface area contributed by atoms with Crippen molar-refractivity contribution in [2.24, 2.45) is 0 Å². The minimum atomic E-state index is -4.63. The molecule has 60 heavy (non-hydrogen) atoms. The summed E-state index contributed by atoms with van der Waals surface area (Å²) in [5.41, 5.74) is 6.33. The predicted octanol–water partition coefficient (Wildman–Crippen LogP) is 11.4. The molecule has 10 rings (SSSR count). The van der Waals surface area contributed by atoms with Gasteiger partial charge in [-0.15, -0.1) is 0 Å². The lowest BCUT2D eigenvalue weighted by Crippen LogP contribution is -2.08. The zero-order valence-electron chi connectivity index (χ0n) is 32.7. The van der Waals surface area contributed by atoms with E-state index in [1.54, 1.807) is 12.1 Å². The van der Waals surface area contributed by atoms with Gasteiger partial charge < -0.3 is 9.13 Å². The lowest BCUT2D eigenvalue weighted by Gasteiger charge is -2.20. The van der Waals surface area contributed by atoms with Crippen LogP contribution in [0.15, 0.2) is 121 Å². The summed E-state index contributed by atoms with van der Waals surface area (Å²) in [7, 11) is 0. The second-order valence-corrected chi connectivity index (χ2v) is 14.7. The first-order valence-electron chi connectivity index (χ1n) is 19.2. The van der Waals surface area contributed by atoms with Crippen molar-refractivity contribution in [3.63, 3.8) is 0 Å². The van der Waals surface area contributed by atoms with Gasteiger partial charge in [0.05, 0.1) is 50.6 Å². The van der Waals surface area contributed by atoms with Crippen molar-refractivity contribution in [1.29, 1.82) is 5.26 Å². The Morgan fingerprint density at radius 1 is 0.467 bits per heavy atom. The number of hydrogen-bond acceptors (Lipinski definition) is 7. The molecular weight excluding hydrogens is 760 g/mol. The third-order valence-electron chi connectivity index (χ3n) is 10.8. The number of para-hydroxylation sites is 2. The van der Waals surface area contributed by atoms with Gasteiger partial charge in [-0.1, -0.05) is 42.5 Å². The van der Waals surface area contributed by atoms with E-state index in [2.05, 4.69) is 46.6 Å². The highest BCUT2D eigenvalue weighted by Gasteiger charge is 2.32. The molecule has 10 aromatic rings. The van der Waals surface area contributed by atoms with Crippen LogP contribution in [0.25, 0.3) is 88.9 Å². The van der Waals surface area contributed by atoms with E-state index in [1.165, 1.54) is 12.1 Å². The summed E-state index contributed by atoms with van der Waals surface area (Å²) in [5.74, 6) is 3.47. The van der Waals surface area contributed by atoms with Gasteiger partial charge in [0.1, 0.15) is 23.3 Å². The van der Waals surface area contributed by atoms with Gasteiger partial charge in [0.2, 0.25) is 0 Å².